The predicted octanol–water partition coefficient (Wildman–Crippen LogP) is 0.849. The molecule has 1 aromatic rings. The van der Waals surface area contributed by atoms with Gasteiger partial charge in [0.2, 0.25) is 0 Å². The Labute approximate surface area is 123 Å². The van der Waals surface area contributed by atoms with Crippen LogP contribution in [0.25, 0.3) is 0 Å². The lowest BCUT2D eigenvalue weighted by Crippen LogP contribution is -2.44. The van der Waals surface area contributed by atoms with E-state index >= 15 is 0 Å². The van der Waals surface area contributed by atoms with Gasteiger partial charge in [-0.05, 0) is 31.0 Å². The van der Waals surface area contributed by atoms with Crippen molar-refractivity contribution in [3.8, 4) is 11.8 Å². The number of nitrogens with zero attached hydrogens (tertiary/aromatic N) is 1. The van der Waals surface area contributed by atoms with E-state index in [1.807, 2.05) is 0 Å². The Morgan fingerprint density at radius 1 is 1.29 bits per heavy atom. The van der Waals surface area contributed by atoms with Crippen LogP contribution in [0.4, 0.5) is 4.39 Å². The molecule has 1 saturated heterocycles. The fraction of sp³-hybridized carbons (Fsp3) is 0.429. The molecule has 1 aromatic carbocycles. The first-order chi connectivity index (χ1) is 10.0. The smallest absolute Gasteiger partial charge is 0.253 e. The van der Waals surface area contributed by atoms with Crippen LogP contribution in [-0.4, -0.2) is 38.2 Å². The van der Waals surface area contributed by atoms with Crippen molar-refractivity contribution >= 4 is 10.0 Å². The zero-order chi connectivity index (χ0) is 15.3. The zero-order valence-corrected chi connectivity index (χ0v) is 12.3. The molecule has 0 bridgehead atoms. The van der Waals surface area contributed by atoms with E-state index in [0.717, 1.165) is 25.3 Å². The summed E-state index contributed by atoms with van der Waals surface area (Å²) >= 11 is 0. The summed E-state index contributed by atoms with van der Waals surface area (Å²) in [5.74, 6) is 4.02. The maximum atomic E-state index is 13.8. The van der Waals surface area contributed by atoms with E-state index in [1.165, 1.54) is 12.1 Å². The maximum Gasteiger partial charge on any atom is 0.253 e. The first kappa shape index (κ1) is 15.9. The second-order valence-corrected chi connectivity index (χ2v) is 6.40. The minimum absolute atomic E-state index is 0.0565. The van der Waals surface area contributed by atoms with E-state index in [1.54, 1.807) is 5.01 Å². The van der Waals surface area contributed by atoms with E-state index in [2.05, 4.69) is 16.7 Å². The van der Waals surface area contributed by atoms with Crippen molar-refractivity contribution in [2.75, 3.05) is 19.7 Å². The van der Waals surface area contributed by atoms with Crippen molar-refractivity contribution in [2.24, 2.45) is 0 Å². The molecular weight excluding hydrogens is 295 g/mol. The Hall–Kier alpha value is -1.46. The summed E-state index contributed by atoms with van der Waals surface area (Å²) in [5, 5.41) is 10.2. The molecular formula is C14H17FN2O3S. The van der Waals surface area contributed by atoms with Crippen molar-refractivity contribution < 1.29 is 17.9 Å². The summed E-state index contributed by atoms with van der Waals surface area (Å²) < 4.78 is 38.2. The minimum Gasteiger partial charge on any atom is -0.384 e. The van der Waals surface area contributed by atoms with Gasteiger partial charge in [0.25, 0.3) is 10.0 Å². The van der Waals surface area contributed by atoms with Gasteiger partial charge in [-0.15, -0.1) is 4.83 Å². The Bertz CT molecular complexity index is 659. The molecule has 21 heavy (non-hydrogen) atoms. The summed E-state index contributed by atoms with van der Waals surface area (Å²) in [6.45, 7) is 0.930. The Kier molecular flexibility index (Phi) is 5.31. The molecule has 0 aromatic heterocycles. The molecule has 1 aliphatic heterocycles. The van der Waals surface area contributed by atoms with Crippen molar-refractivity contribution in [2.45, 2.75) is 24.2 Å². The fourth-order valence-electron chi connectivity index (χ4n) is 2.11. The lowest BCUT2D eigenvalue weighted by atomic mass is 10.2. The molecule has 1 heterocycles. The van der Waals surface area contributed by atoms with E-state index < -0.39 is 15.8 Å². The summed E-state index contributed by atoms with van der Waals surface area (Å²) in [6, 6.07) is 3.53. The van der Waals surface area contributed by atoms with Gasteiger partial charge in [0.05, 0.1) is 10.5 Å². The molecule has 0 unspecified atom stereocenters. The highest BCUT2D eigenvalue weighted by atomic mass is 32.2. The normalized spacial score (nSPS) is 16.3. The van der Waals surface area contributed by atoms with Crippen LogP contribution in [0.15, 0.2) is 23.1 Å². The molecule has 5 nitrogen and oxygen atoms in total. The number of hydrazine groups is 1. The van der Waals surface area contributed by atoms with E-state index in [9.17, 15) is 12.8 Å². The number of aliphatic hydroxyl groups excluding tert-OH is 1. The fourth-order valence-corrected chi connectivity index (χ4v) is 3.24. The lowest BCUT2D eigenvalue weighted by molar-refractivity contribution is 0.200. The number of halogens is 1. The van der Waals surface area contributed by atoms with Gasteiger partial charge in [0.15, 0.2) is 0 Å². The third kappa shape index (κ3) is 4.25. The molecule has 0 aliphatic carbocycles. The number of hydrogen-bond acceptors (Lipinski definition) is 4. The number of benzene rings is 1. The van der Waals surface area contributed by atoms with Gasteiger partial charge in [-0.3, -0.25) is 0 Å². The average Bonchev–Trinajstić information content (AvgIpc) is 2.46. The van der Waals surface area contributed by atoms with Gasteiger partial charge in [-0.2, -0.15) is 0 Å². The summed E-state index contributed by atoms with van der Waals surface area (Å²) in [7, 11) is -3.78. The summed E-state index contributed by atoms with van der Waals surface area (Å²) in [4.78, 5) is 2.33. The molecule has 2 rings (SSSR count). The monoisotopic (exact) mass is 312 g/mol. The lowest BCUT2D eigenvalue weighted by Gasteiger charge is -2.26. The highest BCUT2D eigenvalue weighted by molar-refractivity contribution is 7.89. The minimum atomic E-state index is -3.78. The summed E-state index contributed by atoms with van der Waals surface area (Å²) in [5.41, 5.74) is 0.0565. The highest BCUT2D eigenvalue weighted by Gasteiger charge is 2.20. The van der Waals surface area contributed by atoms with Crippen LogP contribution in [-0.2, 0) is 10.0 Å². The molecule has 2 N–H and O–H groups in total. The Morgan fingerprint density at radius 2 is 2.00 bits per heavy atom. The molecule has 0 atom stereocenters. The van der Waals surface area contributed by atoms with E-state index in [4.69, 9.17) is 5.11 Å². The van der Waals surface area contributed by atoms with Crippen LogP contribution in [0.2, 0.25) is 0 Å². The number of hydrogen-bond donors (Lipinski definition) is 2. The van der Waals surface area contributed by atoms with E-state index in [0.29, 0.717) is 13.1 Å². The second kappa shape index (κ2) is 7.00. The second-order valence-electron chi connectivity index (χ2n) is 4.74. The number of rotatable bonds is 3. The van der Waals surface area contributed by atoms with Crippen LogP contribution in [0.1, 0.15) is 24.8 Å². The predicted molar refractivity (Wildman–Crippen MR) is 76.1 cm³/mol. The zero-order valence-electron chi connectivity index (χ0n) is 11.5. The van der Waals surface area contributed by atoms with Crippen molar-refractivity contribution in [3.05, 3.63) is 29.6 Å². The van der Waals surface area contributed by atoms with Crippen LogP contribution < -0.4 is 4.83 Å². The molecule has 0 radical (unpaired) electrons. The first-order valence-corrected chi connectivity index (χ1v) is 8.18. The topological polar surface area (TPSA) is 69.6 Å². The number of piperidine rings is 1. The summed E-state index contributed by atoms with van der Waals surface area (Å²) in [6.07, 6.45) is 2.96. The molecule has 0 saturated carbocycles. The largest absolute Gasteiger partial charge is 0.384 e. The number of sulfonamides is 1. The number of nitrogens with one attached hydrogen (secondary N) is 1. The maximum absolute atomic E-state index is 13.8. The molecule has 7 heteroatoms. The van der Waals surface area contributed by atoms with Crippen LogP contribution >= 0.6 is 0 Å². The van der Waals surface area contributed by atoms with Gasteiger partial charge in [0.1, 0.15) is 12.4 Å². The third-order valence-corrected chi connectivity index (χ3v) is 4.53. The third-order valence-electron chi connectivity index (χ3n) is 3.16. The van der Waals surface area contributed by atoms with E-state index in [-0.39, 0.29) is 17.1 Å². The van der Waals surface area contributed by atoms with Crippen LogP contribution in [0.3, 0.4) is 0 Å². The van der Waals surface area contributed by atoms with Crippen molar-refractivity contribution in [1.82, 2.24) is 9.84 Å². The van der Waals surface area contributed by atoms with Gasteiger partial charge in [-0.25, -0.2) is 17.8 Å². The quantitative estimate of drug-likeness (QED) is 0.812. The van der Waals surface area contributed by atoms with Gasteiger partial charge in [0, 0.05) is 13.1 Å². The van der Waals surface area contributed by atoms with Crippen LogP contribution in [0, 0.1) is 17.7 Å². The molecule has 0 spiro atoms. The first-order valence-electron chi connectivity index (χ1n) is 6.69. The van der Waals surface area contributed by atoms with Crippen molar-refractivity contribution in [3.63, 3.8) is 0 Å². The molecule has 1 fully saturated rings. The average molecular weight is 312 g/mol. The van der Waals surface area contributed by atoms with Gasteiger partial charge < -0.3 is 5.11 Å². The van der Waals surface area contributed by atoms with Crippen LogP contribution in [0.5, 0.6) is 0 Å². The standard InChI is InChI=1S/C14H17FN2O3S/c15-14-11-13(7-6-12(14)5-4-10-18)21(19,20)16-17-8-2-1-3-9-17/h6-7,11,16,18H,1-3,8-10H2. The Morgan fingerprint density at radius 3 is 2.62 bits per heavy atom. The molecule has 0 amide bonds. The van der Waals surface area contributed by atoms with Crippen molar-refractivity contribution in [1.29, 1.82) is 0 Å². The SMILES string of the molecule is O=S(=O)(NN1CCCCC1)c1ccc(C#CCO)c(F)c1. The van der Waals surface area contributed by atoms with Gasteiger partial charge in [-0.1, -0.05) is 18.3 Å². The number of aliphatic hydroxyl groups is 1. The molecule has 114 valence electrons. The van der Waals surface area contributed by atoms with Gasteiger partial charge >= 0.3 is 0 Å². The Balaban J connectivity index is 2.18. The highest BCUT2D eigenvalue weighted by Crippen LogP contribution is 2.16. The molecule has 1 aliphatic rings.